The number of nitrogens with zero attached hydrogens (tertiary/aromatic N) is 1. The first-order valence-electron chi connectivity index (χ1n) is 10.1. The monoisotopic (exact) mass is 433 g/mol. The molecule has 160 valence electrons. The van der Waals surface area contributed by atoms with Crippen LogP contribution in [0.4, 0.5) is 14.5 Å². The molecule has 7 heteroatoms. The molecule has 2 aliphatic rings. The summed E-state index contributed by atoms with van der Waals surface area (Å²) < 4.78 is 41.4. The Bertz CT molecular complexity index is 983. The lowest BCUT2D eigenvalue weighted by Crippen LogP contribution is -2.40. The van der Waals surface area contributed by atoms with Gasteiger partial charge in [-0.2, -0.15) is 0 Å². The molecule has 1 fully saturated rings. The number of halogens is 2. The number of hydrogen-bond donors (Lipinski definition) is 0. The number of ether oxygens (including phenoxy) is 2. The van der Waals surface area contributed by atoms with E-state index < -0.39 is 17.2 Å². The summed E-state index contributed by atoms with van der Waals surface area (Å²) in [6, 6.07) is 8.13. The molecule has 2 aromatic rings. The highest BCUT2D eigenvalue weighted by molar-refractivity contribution is 7.99. The molecule has 4 nitrogen and oxygen atoms in total. The summed E-state index contributed by atoms with van der Waals surface area (Å²) in [5.74, 6) is -0.866. The van der Waals surface area contributed by atoms with E-state index in [4.69, 9.17) is 9.47 Å². The molecular formula is C23H25F2NO3S. The van der Waals surface area contributed by atoms with Crippen LogP contribution < -0.4 is 4.90 Å². The lowest BCUT2D eigenvalue weighted by atomic mass is 9.83. The van der Waals surface area contributed by atoms with Crippen LogP contribution in [0.2, 0.25) is 0 Å². The SMILES string of the molecule is CO[C@]1(c2cc(F)cc(Sc3ccc4c(c3)CCC(=O)N4C)c2F)CCOC(C)C1. The molecule has 0 bridgehead atoms. The van der Waals surface area contributed by atoms with Crippen molar-refractivity contribution in [3.05, 3.63) is 53.1 Å². The van der Waals surface area contributed by atoms with Gasteiger partial charge in [-0.1, -0.05) is 11.8 Å². The van der Waals surface area contributed by atoms with E-state index in [0.29, 0.717) is 32.3 Å². The van der Waals surface area contributed by atoms with Gasteiger partial charge in [-0.15, -0.1) is 0 Å². The highest BCUT2D eigenvalue weighted by Crippen LogP contribution is 2.43. The van der Waals surface area contributed by atoms with Gasteiger partial charge in [0.25, 0.3) is 0 Å². The average molecular weight is 434 g/mol. The van der Waals surface area contributed by atoms with E-state index in [0.717, 1.165) is 16.1 Å². The Balaban J connectivity index is 1.68. The van der Waals surface area contributed by atoms with Gasteiger partial charge in [0.05, 0.1) is 17.6 Å². The fourth-order valence-electron chi connectivity index (χ4n) is 4.38. The molecule has 4 rings (SSSR count). The van der Waals surface area contributed by atoms with Gasteiger partial charge in [0, 0.05) is 49.6 Å². The molecule has 2 atom stereocenters. The molecule has 1 unspecified atom stereocenters. The van der Waals surface area contributed by atoms with Gasteiger partial charge >= 0.3 is 0 Å². The van der Waals surface area contributed by atoms with Crippen molar-refractivity contribution in [1.82, 2.24) is 0 Å². The third kappa shape index (κ3) is 3.86. The standard InChI is InChI=1S/C23H25F2NO3S/c1-14-13-23(28-3,8-9-29-14)18-11-16(24)12-20(22(18)25)30-17-5-6-19-15(10-17)4-7-21(27)26(19)2/h5-6,10-12,14H,4,7-9,13H2,1-3H3/t14?,23-/m1/s1. The number of rotatable bonds is 4. The second kappa shape index (κ2) is 8.29. The third-order valence-corrected chi connectivity index (χ3v) is 7.04. The van der Waals surface area contributed by atoms with Crippen LogP contribution in [0, 0.1) is 11.6 Å². The largest absolute Gasteiger partial charge is 0.378 e. The molecular weight excluding hydrogens is 408 g/mol. The summed E-state index contributed by atoms with van der Waals surface area (Å²) in [6.45, 7) is 2.35. The molecule has 30 heavy (non-hydrogen) atoms. The van der Waals surface area contributed by atoms with Crippen molar-refractivity contribution in [3.8, 4) is 0 Å². The van der Waals surface area contributed by atoms with Crippen LogP contribution in [0.1, 0.15) is 37.3 Å². The van der Waals surface area contributed by atoms with Gasteiger partial charge in [-0.05, 0) is 49.2 Å². The molecule has 1 amide bonds. The van der Waals surface area contributed by atoms with Crippen LogP contribution in [0.5, 0.6) is 0 Å². The van der Waals surface area contributed by atoms with Crippen molar-refractivity contribution in [2.75, 3.05) is 25.7 Å². The highest BCUT2D eigenvalue weighted by Gasteiger charge is 2.40. The second-order valence-electron chi connectivity index (χ2n) is 7.94. The van der Waals surface area contributed by atoms with Gasteiger partial charge in [0.2, 0.25) is 5.91 Å². The number of carbonyl (C=O) groups excluding carboxylic acids is 1. The predicted octanol–water partition coefficient (Wildman–Crippen LogP) is 5.07. The van der Waals surface area contributed by atoms with Crippen molar-refractivity contribution in [2.45, 2.75) is 54.1 Å². The summed E-state index contributed by atoms with van der Waals surface area (Å²) in [5, 5.41) is 0. The minimum Gasteiger partial charge on any atom is -0.378 e. The fraction of sp³-hybridized carbons (Fsp3) is 0.435. The minimum atomic E-state index is -0.905. The van der Waals surface area contributed by atoms with E-state index in [1.807, 2.05) is 25.1 Å². The lowest BCUT2D eigenvalue weighted by molar-refractivity contribution is -0.124. The van der Waals surface area contributed by atoms with E-state index in [1.54, 1.807) is 11.9 Å². The van der Waals surface area contributed by atoms with Crippen LogP contribution in [0.3, 0.4) is 0 Å². The molecule has 1 saturated heterocycles. The number of methoxy groups -OCH3 is 1. The fourth-order valence-corrected chi connectivity index (χ4v) is 5.35. The molecule has 0 radical (unpaired) electrons. The van der Waals surface area contributed by atoms with E-state index in [1.165, 1.54) is 31.0 Å². The van der Waals surface area contributed by atoms with Gasteiger partial charge in [0.1, 0.15) is 17.2 Å². The van der Waals surface area contributed by atoms with Crippen molar-refractivity contribution in [2.24, 2.45) is 0 Å². The Morgan fingerprint density at radius 1 is 1.23 bits per heavy atom. The Kier molecular flexibility index (Phi) is 5.88. The topological polar surface area (TPSA) is 38.8 Å². The number of aryl methyl sites for hydroxylation is 1. The zero-order valence-corrected chi connectivity index (χ0v) is 18.2. The normalized spacial score (nSPS) is 24.1. The Morgan fingerprint density at radius 2 is 2.03 bits per heavy atom. The Morgan fingerprint density at radius 3 is 2.77 bits per heavy atom. The maximum Gasteiger partial charge on any atom is 0.227 e. The van der Waals surface area contributed by atoms with Crippen LogP contribution in [-0.2, 0) is 26.3 Å². The number of anilines is 1. The first-order chi connectivity index (χ1) is 14.3. The van der Waals surface area contributed by atoms with Gasteiger partial charge < -0.3 is 14.4 Å². The van der Waals surface area contributed by atoms with Crippen LogP contribution in [0.15, 0.2) is 40.1 Å². The minimum absolute atomic E-state index is 0.0827. The molecule has 0 N–H and O–H groups in total. The van der Waals surface area contributed by atoms with Crippen molar-refractivity contribution in [1.29, 1.82) is 0 Å². The first-order valence-corrected chi connectivity index (χ1v) is 10.9. The van der Waals surface area contributed by atoms with E-state index in [9.17, 15) is 9.18 Å². The Labute approximate surface area is 179 Å². The van der Waals surface area contributed by atoms with Gasteiger partial charge in [0.15, 0.2) is 0 Å². The van der Waals surface area contributed by atoms with Gasteiger partial charge in [-0.25, -0.2) is 8.78 Å². The van der Waals surface area contributed by atoms with E-state index >= 15 is 4.39 Å². The summed E-state index contributed by atoms with van der Waals surface area (Å²) in [4.78, 5) is 14.6. The van der Waals surface area contributed by atoms with Crippen molar-refractivity contribution < 1.29 is 23.0 Å². The zero-order chi connectivity index (χ0) is 21.5. The molecule has 0 spiro atoms. The third-order valence-electron chi connectivity index (χ3n) is 6.03. The zero-order valence-electron chi connectivity index (χ0n) is 17.3. The number of amides is 1. The number of carbonyl (C=O) groups is 1. The molecule has 0 aromatic heterocycles. The lowest BCUT2D eigenvalue weighted by Gasteiger charge is -2.39. The van der Waals surface area contributed by atoms with E-state index in [2.05, 4.69) is 0 Å². The van der Waals surface area contributed by atoms with Crippen LogP contribution in [0.25, 0.3) is 0 Å². The maximum absolute atomic E-state index is 15.6. The Hall–Kier alpha value is -1.96. The van der Waals surface area contributed by atoms with Crippen molar-refractivity contribution in [3.63, 3.8) is 0 Å². The molecule has 2 aliphatic heterocycles. The maximum atomic E-state index is 15.6. The summed E-state index contributed by atoms with van der Waals surface area (Å²) in [5.41, 5.74) is 1.24. The van der Waals surface area contributed by atoms with Crippen molar-refractivity contribution >= 4 is 23.4 Å². The quantitative estimate of drug-likeness (QED) is 0.675. The first kappa shape index (κ1) is 21.3. The van der Waals surface area contributed by atoms with E-state index in [-0.39, 0.29) is 22.5 Å². The molecule has 2 heterocycles. The summed E-state index contributed by atoms with van der Waals surface area (Å²) >= 11 is 1.19. The summed E-state index contributed by atoms with van der Waals surface area (Å²) in [7, 11) is 3.29. The highest BCUT2D eigenvalue weighted by atomic mass is 32.2. The molecule has 0 saturated carbocycles. The number of fused-ring (bicyclic) bond motifs is 1. The summed E-state index contributed by atoms with van der Waals surface area (Å²) in [6.07, 6.45) is 1.93. The van der Waals surface area contributed by atoms with Crippen LogP contribution >= 0.6 is 11.8 Å². The molecule has 2 aromatic carbocycles. The smallest absolute Gasteiger partial charge is 0.227 e. The number of benzene rings is 2. The molecule has 0 aliphatic carbocycles. The van der Waals surface area contributed by atoms with Crippen LogP contribution in [-0.4, -0.2) is 32.8 Å². The predicted molar refractivity (Wildman–Crippen MR) is 112 cm³/mol. The number of hydrogen-bond acceptors (Lipinski definition) is 4. The second-order valence-corrected chi connectivity index (χ2v) is 9.06. The van der Waals surface area contributed by atoms with Gasteiger partial charge in [-0.3, -0.25) is 4.79 Å². The average Bonchev–Trinajstić information content (AvgIpc) is 2.73.